The number of methoxy groups -OCH3 is 1. The number of benzene rings is 1. The summed E-state index contributed by atoms with van der Waals surface area (Å²) < 4.78 is 8.03. The van der Waals surface area contributed by atoms with E-state index in [1.165, 1.54) is 11.9 Å². The van der Waals surface area contributed by atoms with E-state index in [0.717, 1.165) is 10.6 Å². The Morgan fingerprint density at radius 2 is 2.00 bits per heavy atom. The molecule has 17 heavy (non-hydrogen) atoms. The maximum absolute atomic E-state index is 5.60. The molecule has 0 fully saturated rings. The zero-order valence-corrected chi connectivity index (χ0v) is 10.1. The third-order valence-corrected chi connectivity index (χ3v) is 2.77. The highest BCUT2D eigenvalue weighted by Crippen LogP contribution is 2.20. The van der Waals surface area contributed by atoms with E-state index in [0.29, 0.717) is 11.8 Å². The molecule has 0 spiro atoms. The summed E-state index contributed by atoms with van der Waals surface area (Å²) in [4.78, 5) is 9.24. The molecule has 0 bridgehead atoms. The number of rotatable bonds is 4. The minimum absolute atomic E-state index is 0.506. The smallest absolute Gasteiger partial charge is 0.236 e. The Hall–Kier alpha value is -1.95. The molecule has 5 nitrogen and oxygen atoms in total. The van der Waals surface area contributed by atoms with Crippen LogP contribution in [0.1, 0.15) is 0 Å². The molecule has 0 unspecified atom stereocenters. The zero-order chi connectivity index (χ0) is 12.1. The van der Waals surface area contributed by atoms with Gasteiger partial charge in [0.25, 0.3) is 0 Å². The molecule has 1 heterocycles. The van der Waals surface area contributed by atoms with Gasteiger partial charge in [0.1, 0.15) is 0 Å². The first-order valence-electron chi connectivity index (χ1n) is 4.93. The van der Waals surface area contributed by atoms with E-state index >= 15 is 0 Å². The van der Waals surface area contributed by atoms with Gasteiger partial charge in [-0.15, -0.1) is 0 Å². The van der Waals surface area contributed by atoms with E-state index in [1.807, 2.05) is 24.3 Å². The zero-order valence-electron chi connectivity index (χ0n) is 9.25. The quantitative estimate of drug-likeness (QED) is 0.638. The molecule has 0 aliphatic heterocycles. The van der Waals surface area contributed by atoms with Gasteiger partial charge in [-0.3, -0.25) is 4.72 Å². The highest BCUT2D eigenvalue weighted by Gasteiger charge is 1.99. The van der Waals surface area contributed by atoms with Gasteiger partial charge in [0.15, 0.2) is 0 Å². The van der Waals surface area contributed by atoms with Gasteiger partial charge >= 0.3 is 0 Å². The third-order valence-electron chi connectivity index (χ3n) is 1.98. The van der Waals surface area contributed by atoms with Crippen LogP contribution >= 0.6 is 11.9 Å². The molecule has 0 amide bonds. The molecular formula is C11H12N4OS. The van der Waals surface area contributed by atoms with Crippen molar-refractivity contribution in [3.05, 3.63) is 36.5 Å². The number of aromatic nitrogens is 2. The van der Waals surface area contributed by atoms with E-state index in [-0.39, 0.29) is 0 Å². The second-order valence-corrected chi connectivity index (χ2v) is 4.08. The molecular weight excluding hydrogens is 236 g/mol. The van der Waals surface area contributed by atoms with E-state index in [9.17, 15) is 0 Å². The highest BCUT2D eigenvalue weighted by atomic mass is 32.2. The molecule has 0 aliphatic carbocycles. The van der Waals surface area contributed by atoms with Crippen LogP contribution in [-0.4, -0.2) is 17.1 Å². The maximum Gasteiger partial charge on any atom is 0.236 e. The van der Waals surface area contributed by atoms with Gasteiger partial charge in [0.2, 0.25) is 11.8 Å². The lowest BCUT2D eigenvalue weighted by atomic mass is 10.3. The van der Waals surface area contributed by atoms with Crippen molar-refractivity contribution in [3.63, 3.8) is 0 Å². The normalized spacial score (nSPS) is 9.94. The summed E-state index contributed by atoms with van der Waals surface area (Å²) in [5.74, 6) is 1.03. The molecule has 1 aromatic carbocycles. The fourth-order valence-corrected chi connectivity index (χ4v) is 1.73. The molecule has 6 heteroatoms. The lowest BCUT2D eigenvalue weighted by molar-refractivity contribution is 0.397. The highest BCUT2D eigenvalue weighted by molar-refractivity contribution is 8.00. The fourth-order valence-electron chi connectivity index (χ4n) is 1.15. The number of hydrogen-bond donors (Lipinski definition) is 2. The van der Waals surface area contributed by atoms with Crippen LogP contribution in [0.4, 0.5) is 11.6 Å². The van der Waals surface area contributed by atoms with Crippen molar-refractivity contribution < 1.29 is 4.74 Å². The summed E-state index contributed by atoms with van der Waals surface area (Å²) >= 11 is 1.42. The summed E-state index contributed by atoms with van der Waals surface area (Å²) in [6, 6.07) is 9.23. The number of nitrogens with one attached hydrogen (secondary N) is 1. The second-order valence-electron chi connectivity index (χ2n) is 3.20. The van der Waals surface area contributed by atoms with Crippen LogP contribution in [0.25, 0.3) is 0 Å². The summed E-state index contributed by atoms with van der Waals surface area (Å²) in [5, 5.41) is 0. The molecule has 2 aromatic rings. The summed E-state index contributed by atoms with van der Waals surface area (Å²) in [5.41, 5.74) is 6.34. The fraction of sp³-hybridized carbons (Fsp3) is 0.0909. The molecule has 2 rings (SSSR count). The summed E-state index contributed by atoms with van der Waals surface area (Å²) in [7, 11) is 1.57. The minimum atomic E-state index is 0.506. The molecule has 1 aromatic heterocycles. The number of ether oxygens (including phenoxy) is 1. The van der Waals surface area contributed by atoms with Crippen molar-refractivity contribution in [2.24, 2.45) is 0 Å². The summed E-state index contributed by atoms with van der Waals surface area (Å²) in [6.45, 7) is 0. The van der Waals surface area contributed by atoms with Crippen molar-refractivity contribution in [1.82, 2.24) is 9.97 Å². The topological polar surface area (TPSA) is 73.1 Å². The largest absolute Gasteiger partial charge is 0.481 e. The van der Waals surface area contributed by atoms with Crippen LogP contribution in [0.3, 0.4) is 0 Å². The Balaban J connectivity index is 1.99. The molecule has 88 valence electrons. The molecule has 0 saturated carbocycles. The van der Waals surface area contributed by atoms with E-state index < -0.39 is 0 Å². The first-order valence-corrected chi connectivity index (χ1v) is 5.75. The van der Waals surface area contributed by atoms with Gasteiger partial charge in [0, 0.05) is 22.8 Å². The van der Waals surface area contributed by atoms with Gasteiger partial charge < -0.3 is 10.5 Å². The minimum Gasteiger partial charge on any atom is -0.481 e. The number of hydrogen-bond acceptors (Lipinski definition) is 6. The van der Waals surface area contributed by atoms with Crippen LogP contribution in [0.2, 0.25) is 0 Å². The molecule has 3 N–H and O–H groups in total. The van der Waals surface area contributed by atoms with Crippen LogP contribution < -0.4 is 15.2 Å². The average Bonchev–Trinajstić information content (AvgIpc) is 2.38. The average molecular weight is 248 g/mol. The molecule has 0 radical (unpaired) electrons. The monoisotopic (exact) mass is 248 g/mol. The van der Waals surface area contributed by atoms with E-state index in [4.69, 9.17) is 10.5 Å². The molecule has 0 saturated heterocycles. The molecule has 0 aliphatic rings. The van der Waals surface area contributed by atoms with Crippen LogP contribution in [0.15, 0.2) is 41.4 Å². The van der Waals surface area contributed by atoms with Crippen molar-refractivity contribution >= 4 is 23.6 Å². The second kappa shape index (κ2) is 5.40. The first kappa shape index (κ1) is 11.5. The number of nitrogen functional groups attached to an aromatic ring is 1. The third kappa shape index (κ3) is 3.25. The van der Waals surface area contributed by atoms with Crippen molar-refractivity contribution in [1.29, 1.82) is 0 Å². The predicted octanol–water partition coefficient (Wildman–Crippen LogP) is 2.19. The van der Waals surface area contributed by atoms with E-state index in [2.05, 4.69) is 14.7 Å². The van der Waals surface area contributed by atoms with Gasteiger partial charge in [-0.25, -0.2) is 4.98 Å². The Morgan fingerprint density at radius 3 is 2.71 bits per heavy atom. The van der Waals surface area contributed by atoms with Crippen LogP contribution in [0, 0.1) is 0 Å². The van der Waals surface area contributed by atoms with Gasteiger partial charge in [0.05, 0.1) is 7.11 Å². The van der Waals surface area contributed by atoms with Crippen molar-refractivity contribution in [2.45, 2.75) is 4.90 Å². The lowest BCUT2D eigenvalue weighted by Crippen LogP contribution is -1.96. The van der Waals surface area contributed by atoms with Gasteiger partial charge in [-0.2, -0.15) is 4.98 Å². The van der Waals surface area contributed by atoms with Gasteiger partial charge in [-0.05, 0) is 36.2 Å². The SMILES string of the molecule is COc1ccnc(NSc2ccc(N)cc2)n1. The van der Waals surface area contributed by atoms with Gasteiger partial charge in [-0.1, -0.05) is 0 Å². The Morgan fingerprint density at radius 1 is 1.24 bits per heavy atom. The Bertz CT molecular complexity index is 489. The van der Waals surface area contributed by atoms with Crippen LogP contribution in [0.5, 0.6) is 5.88 Å². The van der Waals surface area contributed by atoms with E-state index in [1.54, 1.807) is 19.4 Å². The predicted molar refractivity (Wildman–Crippen MR) is 68.9 cm³/mol. The number of anilines is 2. The first-order chi connectivity index (χ1) is 8.28. The van der Waals surface area contributed by atoms with Crippen molar-refractivity contribution in [3.8, 4) is 5.88 Å². The number of nitrogens with zero attached hydrogens (tertiary/aromatic N) is 2. The Labute approximate surface area is 104 Å². The standard InChI is InChI=1S/C11H12N4OS/c1-16-10-6-7-13-11(14-10)15-17-9-4-2-8(12)3-5-9/h2-7H,12H2,1H3,(H,13,14,15). The van der Waals surface area contributed by atoms with Crippen molar-refractivity contribution in [2.75, 3.05) is 17.6 Å². The molecule has 0 atom stereocenters. The maximum atomic E-state index is 5.60. The lowest BCUT2D eigenvalue weighted by Gasteiger charge is -2.05. The van der Waals surface area contributed by atoms with Crippen LogP contribution in [-0.2, 0) is 0 Å². The Kier molecular flexibility index (Phi) is 3.66. The number of nitrogens with two attached hydrogens (primary N) is 1. The summed E-state index contributed by atoms with van der Waals surface area (Å²) in [6.07, 6.45) is 1.64.